The van der Waals surface area contributed by atoms with Crippen molar-refractivity contribution < 1.29 is 19.1 Å². The number of nitrogens with one attached hydrogen (secondary N) is 1. The highest BCUT2D eigenvalue weighted by molar-refractivity contribution is 7.14. The van der Waals surface area contributed by atoms with Crippen LogP contribution in [0.3, 0.4) is 0 Å². The molecule has 0 unspecified atom stereocenters. The molecule has 1 aliphatic rings. The zero-order valence-corrected chi connectivity index (χ0v) is 14.4. The van der Waals surface area contributed by atoms with Crippen LogP contribution in [0.25, 0.3) is 0 Å². The molecule has 0 saturated carbocycles. The van der Waals surface area contributed by atoms with Crippen LogP contribution in [0, 0.1) is 0 Å². The van der Waals surface area contributed by atoms with Gasteiger partial charge in [0.15, 0.2) is 6.61 Å². The summed E-state index contributed by atoms with van der Waals surface area (Å²) in [4.78, 5) is 36.6. The fourth-order valence-corrected chi connectivity index (χ4v) is 4.56. The lowest BCUT2D eigenvalue weighted by atomic mass is 9.96. The van der Waals surface area contributed by atoms with E-state index in [2.05, 4.69) is 5.32 Å². The maximum atomic E-state index is 12.2. The van der Waals surface area contributed by atoms with E-state index in [-0.39, 0.29) is 5.56 Å². The van der Waals surface area contributed by atoms with Crippen LogP contribution in [0.5, 0.6) is 0 Å². The lowest BCUT2D eigenvalue weighted by molar-refractivity contribution is -0.119. The van der Waals surface area contributed by atoms with Crippen molar-refractivity contribution in [2.24, 2.45) is 5.73 Å². The molecule has 8 heteroatoms. The molecule has 2 aromatic heterocycles. The summed E-state index contributed by atoms with van der Waals surface area (Å²) in [6, 6.07) is 1.53. The summed E-state index contributed by atoms with van der Waals surface area (Å²) in [5.74, 6) is -1.60. The zero-order valence-electron chi connectivity index (χ0n) is 12.8. The number of amides is 2. The molecule has 3 rings (SSSR count). The molecule has 0 radical (unpaired) electrons. The van der Waals surface area contributed by atoms with Gasteiger partial charge in [0.1, 0.15) is 5.00 Å². The maximum Gasteiger partial charge on any atom is 0.339 e. The van der Waals surface area contributed by atoms with Crippen LogP contribution < -0.4 is 11.1 Å². The van der Waals surface area contributed by atoms with Crippen molar-refractivity contribution in [3.8, 4) is 0 Å². The summed E-state index contributed by atoms with van der Waals surface area (Å²) in [6.07, 6.45) is 4.10. The third-order valence-corrected chi connectivity index (χ3v) is 5.72. The van der Waals surface area contributed by atoms with E-state index in [1.54, 1.807) is 22.1 Å². The molecule has 0 atom stereocenters. The molecule has 2 amide bonds. The lowest BCUT2D eigenvalue weighted by Crippen LogP contribution is -2.22. The Hall–Kier alpha value is -2.19. The number of hydrogen-bond donors (Lipinski definition) is 2. The Morgan fingerprint density at radius 3 is 2.75 bits per heavy atom. The van der Waals surface area contributed by atoms with Crippen molar-refractivity contribution in [1.29, 1.82) is 0 Å². The highest BCUT2D eigenvalue weighted by Gasteiger charge is 2.22. The number of ether oxygens (including phenoxy) is 1. The number of carbonyl (C=O) groups excluding carboxylic acids is 3. The summed E-state index contributed by atoms with van der Waals surface area (Å²) in [6.45, 7) is -0.403. The van der Waals surface area contributed by atoms with E-state index in [1.165, 1.54) is 22.3 Å². The fraction of sp³-hybridized carbons (Fsp3) is 0.312. The van der Waals surface area contributed by atoms with E-state index in [1.807, 2.05) is 0 Å². The molecule has 24 heavy (non-hydrogen) atoms. The van der Waals surface area contributed by atoms with Gasteiger partial charge >= 0.3 is 5.97 Å². The molecule has 6 nitrogen and oxygen atoms in total. The van der Waals surface area contributed by atoms with Gasteiger partial charge < -0.3 is 15.8 Å². The Labute approximate surface area is 146 Å². The second-order valence-corrected chi connectivity index (χ2v) is 7.29. The van der Waals surface area contributed by atoms with Gasteiger partial charge in [0.2, 0.25) is 0 Å². The number of primary amides is 1. The second kappa shape index (κ2) is 7.14. The molecule has 1 aliphatic carbocycles. The first-order chi connectivity index (χ1) is 11.6. The number of thiophene rings is 2. The number of aryl methyl sites for hydroxylation is 1. The maximum absolute atomic E-state index is 12.2. The average molecular weight is 364 g/mol. The number of anilines is 1. The molecule has 126 valence electrons. The van der Waals surface area contributed by atoms with Gasteiger partial charge in [-0.1, -0.05) is 0 Å². The first-order valence-electron chi connectivity index (χ1n) is 7.49. The van der Waals surface area contributed by atoms with Crippen LogP contribution in [0.4, 0.5) is 5.00 Å². The summed E-state index contributed by atoms with van der Waals surface area (Å²) in [5, 5.41) is 6.36. The minimum absolute atomic E-state index is 0.242. The van der Waals surface area contributed by atoms with Gasteiger partial charge in [-0.2, -0.15) is 0 Å². The van der Waals surface area contributed by atoms with Crippen molar-refractivity contribution in [1.82, 2.24) is 0 Å². The summed E-state index contributed by atoms with van der Waals surface area (Å²) >= 11 is 2.76. The van der Waals surface area contributed by atoms with Crippen LogP contribution in [-0.2, 0) is 22.4 Å². The SMILES string of the molecule is NC(=O)c1ccsc1NC(=O)COC(=O)c1csc2c1CCCC2. The minimum Gasteiger partial charge on any atom is -0.452 e. The molecule has 0 bridgehead atoms. The van der Waals surface area contributed by atoms with Crippen LogP contribution in [0.1, 0.15) is 44.0 Å². The average Bonchev–Trinajstić information content (AvgIpc) is 3.19. The number of esters is 1. The largest absolute Gasteiger partial charge is 0.452 e. The van der Waals surface area contributed by atoms with E-state index < -0.39 is 24.4 Å². The second-order valence-electron chi connectivity index (χ2n) is 5.41. The molecule has 0 aliphatic heterocycles. The summed E-state index contributed by atoms with van der Waals surface area (Å²) in [7, 11) is 0. The molecule has 0 saturated heterocycles. The van der Waals surface area contributed by atoms with E-state index >= 15 is 0 Å². The quantitative estimate of drug-likeness (QED) is 0.797. The molecular formula is C16H16N2O4S2. The third kappa shape index (κ3) is 3.49. The predicted octanol–water partition coefficient (Wildman–Crippen LogP) is 2.58. The number of rotatable bonds is 5. The smallest absolute Gasteiger partial charge is 0.339 e. The number of hydrogen-bond acceptors (Lipinski definition) is 6. The van der Waals surface area contributed by atoms with Crippen LogP contribution in [0.15, 0.2) is 16.8 Å². The first-order valence-corrected chi connectivity index (χ1v) is 9.25. The van der Waals surface area contributed by atoms with Gasteiger partial charge in [-0.3, -0.25) is 9.59 Å². The Morgan fingerprint density at radius 1 is 1.17 bits per heavy atom. The number of nitrogens with two attached hydrogens (primary N) is 1. The Balaban J connectivity index is 1.58. The Bertz CT molecular complexity index is 794. The molecule has 0 spiro atoms. The number of carbonyl (C=O) groups is 3. The van der Waals surface area contributed by atoms with Crippen LogP contribution in [0.2, 0.25) is 0 Å². The van der Waals surface area contributed by atoms with Crippen molar-refractivity contribution in [3.05, 3.63) is 38.4 Å². The van der Waals surface area contributed by atoms with E-state index in [0.717, 1.165) is 31.2 Å². The van der Waals surface area contributed by atoms with Gasteiger partial charge in [0.25, 0.3) is 11.8 Å². The van der Waals surface area contributed by atoms with Crippen molar-refractivity contribution in [3.63, 3.8) is 0 Å². The first kappa shape index (κ1) is 16.7. The zero-order chi connectivity index (χ0) is 17.1. The monoisotopic (exact) mass is 364 g/mol. The molecule has 0 aromatic carbocycles. The summed E-state index contributed by atoms with van der Waals surface area (Å²) in [5.41, 5.74) is 7.09. The Morgan fingerprint density at radius 2 is 1.96 bits per heavy atom. The van der Waals surface area contributed by atoms with Crippen molar-refractivity contribution in [2.75, 3.05) is 11.9 Å². The molecular weight excluding hydrogens is 348 g/mol. The molecule has 3 N–H and O–H groups in total. The van der Waals surface area contributed by atoms with E-state index in [9.17, 15) is 14.4 Å². The van der Waals surface area contributed by atoms with Crippen molar-refractivity contribution >= 4 is 45.5 Å². The van der Waals surface area contributed by atoms with Gasteiger partial charge in [0, 0.05) is 10.3 Å². The van der Waals surface area contributed by atoms with E-state index in [4.69, 9.17) is 10.5 Å². The topological polar surface area (TPSA) is 98.5 Å². The molecule has 2 heterocycles. The highest BCUT2D eigenvalue weighted by atomic mass is 32.1. The molecule has 0 fully saturated rings. The fourth-order valence-electron chi connectivity index (χ4n) is 2.64. The van der Waals surface area contributed by atoms with Gasteiger partial charge in [-0.25, -0.2) is 4.79 Å². The van der Waals surface area contributed by atoms with E-state index in [0.29, 0.717) is 10.6 Å². The Kier molecular flexibility index (Phi) is 4.96. The standard InChI is InChI=1S/C16H16N2O4S2/c17-14(20)10-5-6-23-15(10)18-13(19)7-22-16(21)11-8-24-12-4-2-1-3-9(11)12/h5-6,8H,1-4,7H2,(H2,17,20)(H,18,19). The highest BCUT2D eigenvalue weighted by Crippen LogP contribution is 2.30. The third-order valence-electron chi connectivity index (χ3n) is 3.80. The normalized spacial score (nSPS) is 13.2. The van der Waals surface area contributed by atoms with Crippen molar-refractivity contribution in [2.45, 2.75) is 25.7 Å². The number of fused-ring (bicyclic) bond motifs is 1. The minimum atomic E-state index is -0.617. The van der Waals surface area contributed by atoms with Gasteiger partial charge in [0.05, 0.1) is 11.1 Å². The lowest BCUT2D eigenvalue weighted by Gasteiger charge is -2.12. The van der Waals surface area contributed by atoms with Gasteiger partial charge in [-0.05, 0) is 42.7 Å². The van der Waals surface area contributed by atoms with Crippen LogP contribution in [-0.4, -0.2) is 24.4 Å². The summed E-state index contributed by atoms with van der Waals surface area (Å²) < 4.78 is 5.11. The molecule has 2 aromatic rings. The van der Waals surface area contributed by atoms with Crippen LogP contribution >= 0.6 is 22.7 Å². The predicted molar refractivity (Wildman–Crippen MR) is 92.7 cm³/mol. The van der Waals surface area contributed by atoms with Gasteiger partial charge in [-0.15, -0.1) is 22.7 Å².